The lowest BCUT2D eigenvalue weighted by molar-refractivity contribution is 1.27. The van der Waals surface area contributed by atoms with E-state index in [1.165, 1.54) is 4.90 Å². The average molecular weight is 216 g/mol. The zero-order valence-electron chi connectivity index (χ0n) is 8.26. The molecule has 76 valence electrons. The van der Waals surface area contributed by atoms with Crippen LogP contribution in [0, 0.1) is 0 Å². The standard InChI is InChI=1S/C12H12N2S/c13-12-8-14-7-6-10(12)9-15-11-4-2-1-3-5-11/h1-8H,9,13H2. The van der Waals surface area contributed by atoms with Crippen molar-refractivity contribution in [2.45, 2.75) is 10.6 Å². The number of pyridine rings is 1. The number of aromatic nitrogens is 1. The van der Waals surface area contributed by atoms with Crippen LogP contribution in [0.15, 0.2) is 53.7 Å². The molecule has 2 rings (SSSR count). The maximum absolute atomic E-state index is 5.81. The first kappa shape index (κ1) is 10.1. The van der Waals surface area contributed by atoms with Crippen LogP contribution in [-0.2, 0) is 5.75 Å². The molecule has 15 heavy (non-hydrogen) atoms. The SMILES string of the molecule is Nc1cnccc1CSc1ccccc1. The Balaban J connectivity index is 2.03. The second kappa shape index (κ2) is 4.84. The van der Waals surface area contributed by atoms with Crippen molar-refractivity contribution in [1.29, 1.82) is 0 Å². The predicted molar refractivity (Wildman–Crippen MR) is 64.7 cm³/mol. The van der Waals surface area contributed by atoms with Gasteiger partial charge in [-0.15, -0.1) is 11.8 Å². The van der Waals surface area contributed by atoms with Gasteiger partial charge >= 0.3 is 0 Å². The van der Waals surface area contributed by atoms with Gasteiger partial charge in [0.15, 0.2) is 0 Å². The summed E-state index contributed by atoms with van der Waals surface area (Å²) in [6, 6.07) is 12.3. The third kappa shape index (κ3) is 2.73. The maximum atomic E-state index is 5.81. The third-order valence-electron chi connectivity index (χ3n) is 2.08. The molecule has 2 nitrogen and oxygen atoms in total. The van der Waals surface area contributed by atoms with E-state index in [1.54, 1.807) is 24.2 Å². The molecule has 2 aromatic rings. The van der Waals surface area contributed by atoms with E-state index in [2.05, 4.69) is 17.1 Å². The molecule has 0 spiro atoms. The van der Waals surface area contributed by atoms with Crippen molar-refractivity contribution >= 4 is 17.4 Å². The molecule has 0 amide bonds. The summed E-state index contributed by atoms with van der Waals surface area (Å²) in [6.07, 6.45) is 3.47. The van der Waals surface area contributed by atoms with Gasteiger partial charge < -0.3 is 5.73 Å². The molecule has 3 heteroatoms. The molecule has 0 atom stereocenters. The van der Waals surface area contributed by atoms with Crippen molar-refractivity contribution in [2.75, 3.05) is 5.73 Å². The van der Waals surface area contributed by atoms with Crippen molar-refractivity contribution in [3.8, 4) is 0 Å². The fourth-order valence-electron chi connectivity index (χ4n) is 1.24. The van der Waals surface area contributed by atoms with Crippen LogP contribution in [0.5, 0.6) is 0 Å². The first-order valence-electron chi connectivity index (χ1n) is 4.72. The van der Waals surface area contributed by atoms with Crippen LogP contribution in [0.4, 0.5) is 5.69 Å². The molecule has 1 heterocycles. The number of rotatable bonds is 3. The topological polar surface area (TPSA) is 38.9 Å². The monoisotopic (exact) mass is 216 g/mol. The predicted octanol–water partition coefficient (Wildman–Crippen LogP) is 2.96. The minimum atomic E-state index is 0.765. The van der Waals surface area contributed by atoms with E-state index in [0.29, 0.717) is 0 Å². The molecule has 0 radical (unpaired) electrons. The summed E-state index contributed by atoms with van der Waals surface area (Å²) >= 11 is 1.78. The van der Waals surface area contributed by atoms with Crippen LogP contribution in [0.1, 0.15) is 5.56 Å². The van der Waals surface area contributed by atoms with Crippen molar-refractivity contribution in [3.05, 3.63) is 54.4 Å². The molecule has 0 unspecified atom stereocenters. The van der Waals surface area contributed by atoms with Gasteiger partial charge in [-0.1, -0.05) is 18.2 Å². The van der Waals surface area contributed by atoms with Crippen LogP contribution < -0.4 is 5.73 Å². The molecule has 0 saturated heterocycles. The summed E-state index contributed by atoms with van der Waals surface area (Å²) in [7, 11) is 0. The van der Waals surface area contributed by atoms with Gasteiger partial charge in [-0.25, -0.2) is 0 Å². The normalized spacial score (nSPS) is 10.1. The van der Waals surface area contributed by atoms with Gasteiger partial charge in [-0.05, 0) is 23.8 Å². The van der Waals surface area contributed by atoms with E-state index in [9.17, 15) is 0 Å². The number of benzene rings is 1. The number of nitrogens with two attached hydrogens (primary N) is 1. The quantitative estimate of drug-likeness (QED) is 0.802. The lowest BCUT2D eigenvalue weighted by Gasteiger charge is -2.04. The molecule has 1 aromatic carbocycles. The highest BCUT2D eigenvalue weighted by atomic mass is 32.2. The van der Waals surface area contributed by atoms with Crippen molar-refractivity contribution in [2.24, 2.45) is 0 Å². The maximum Gasteiger partial charge on any atom is 0.0541 e. The van der Waals surface area contributed by atoms with Gasteiger partial charge in [0.05, 0.1) is 11.9 Å². The van der Waals surface area contributed by atoms with E-state index < -0.39 is 0 Å². The van der Waals surface area contributed by atoms with Crippen LogP contribution in [0.3, 0.4) is 0 Å². The minimum absolute atomic E-state index is 0.765. The van der Waals surface area contributed by atoms with Gasteiger partial charge in [0.2, 0.25) is 0 Å². The van der Waals surface area contributed by atoms with Gasteiger partial charge in [-0.3, -0.25) is 4.98 Å². The van der Waals surface area contributed by atoms with Crippen LogP contribution in [0.2, 0.25) is 0 Å². The molecule has 0 aliphatic rings. The Morgan fingerprint density at radius 2 is 1.93 bits per heavy atom. The third-order valence-corrected chi connectivity index (χ3v) is 3.14. The molecular weight excluding hydrogens is 204 g/mol. The summed E-state index contributed by atoms with van der Waals surface area (Å²) in [4.78, 5) is 5.22. The zero-order chi connectivity index (χ0) is 10.5. The Hall–Kier alpha value is -1.48. The number of nitrogen functional groups attached to an aromatic ring is 1. The molecule has 1 aromatic heterocycles. The van der Waals surface area contributed by atoms with Crippen LogP contribution in [0.25, 0.3) is 0 Å². The van der Waals surface area contributed by atoms with E-state index in [4.69, 9.17) is 5.73 Å². The molecule has 0 saturated carbocycles. The number of nitrogens with zero attached hydrogens (tertiary/aromatic N) is 1. The molecule has 0 bridgehead atoms. The van der Waals surface area contributed by atoms with Gasteiger partial charge in [0, 0.05) is 16.8 Å². The molecule has 2 N–H and O–H groups in total. The fourth-order valence-corrected chi connectivity index (χ4v) is 2.18. The second-order valence-electron chi connectivity index (χ2n) is 3.18. The number of anilines is 1. The molecule has 0 fully saturated rings. The van der Waals surface area contributed by atoms with E-state index in [1.807, 2.05) is 24.3 Å². The Labute approximate surface area is 93.5 Å². The van der Waals surface area contributed by atoms with Gasteiger partial charge in [-0.2, -0.15) is 0 Å². The van der Waals surface area contributed by atoms with Gasteiger partial charge in [0.1, 0.15) is 0 Å². The lowest BCUT2D eigenvalue weighted by atomic mass is 10.3. The highest BCUT2D eigenvalue weighted by Gasteiger charge is 1.99. The molecule has 0 aliphatic carbocycles. The second-order valence-corrected chi connectivity index (χ2v) is 4.22. The van der Waals surface area contributed by atoms with E-state index in [0.717, 1.165) is 17.0 Å². The van der Waals surface area contributed by atoms with Crippen LogP contribution >= 0.6 is 11.8 Å². The number of hydrogen-bond donors (Lipinski definition) is 1. The number of thioether (sulfide) groups is 1. The average Bonchev–Trinajstić information content (AvgIpc) is 2.29. The highest BCUT2D eigenvalue weighted by Crippen LogP contribution is 2.24. The van der Waals surface area contributed by atoms with Crippen molar-refractivity contribution in [1.82, 2.24) is 4.98 Å². The minimum Gasteiger partial charge on any atom is -0.397 e. The summed E-state index contributed by atoms with van der Waals surface area (Å²) in [5, 5.41) is 0. The number of hydrogen-bond acceptors (Lipinski definition) is 3. The first-order chi connectivity index (χ1) is 7.36. The summed E-state index contributed by atoms with van der Waals surface area (Å²) in [5.74, 6) is 0.887. The van der Waals surface area contributed by atoms with E-state index in [-0.39, 0.29) is 0 Å². The zero-order valence-corrected chi connectivity index (χ0v) is 9.08. The fraction of sp³-hybridized carbons (Fsp3) is 0.0833. The Morgan fingerprint density at radius 1 is 1.13 bits per heavy atom. The molecular formula is C12H12N2S. The lowest BCUT2D eigenvalue weighted by Crippen LogP contribution is -1.92. The van der Waals surface area contributed by atoms with Gasteiger partial charge in [0.25, 0.3) is 0 Å². The van der Waals surface area contributed by atoms with Crippen LogP contribution in [-0.4, -0.2) is 4.98 Å². The summed E-state index contributed by atoms with van der Waals surface area (Å²) in [5.41, 5.74) is 7.71. The Morgan fingerprint density at radius 3 is 2.67 bits per heavy atom. The largest absolute Gasteiger partial charge is 0.397 e. The van der Waals surface area contributed by atoms with E-state index >= 15 is 0 Å². The Bertz CT molecular complexity index is 429. The Kier molecular flexibility index (Phi) is 3.25. The molecule has 0 aliphatic heterocycles. The van der Waals surface area contributed by atoms with Crippen molar-refractivity contribution < 1.29 is 0 Å². The van der Waals surface area contributed by atoms with Crippen molar-refractivity contribution in [3.63, 3.8) is 0 Å². The summed E-state index contributed by atoms with van der Waals surface area (Å²) in [6.45, 7) is 0. The summed E-state index contributed by atoms with van der Waals surface area (Å²) < 4.78 is 0. The first-order valence-corrected chi connectivity index (χ1v) is 5.71. The highest BCUT2D eigenvalue weighted by molar-refractivity contribution is 7.98. The smallest absolute Gasteiger partial charge is 0.0541 e.